The lowest BCUT2D eigenvalue weighted by atomic mass is 10.1. The Balaban J connectivity index is 0.00000280. The molecule has 1 aliphatic rings. The molecule has 0 aliphatic carbocycles. The van der Waals surface area contributed by atoms with E-state index in [0.29, 0.717) is 19.7 Å². The first-order valence-corrected chi connectivity index (χ1v) is 9.35. The number of ether oxygens (including phenoxy) is 2. The summed E-state index contributed by atoms with van der Waals surface area (Å²) in [6, 6.07) is 14.0. The highest BCUT2D eigenvalue weighted by atomic mass is 35.5. The number of aryl methyl sites for hydroxylation is 1. The molecule has 0 aromatic heterocycles. The van der Waals surface area contributed by atoms with Crippen LogP contribution in [0.25, 0.3) is 0 Å². The van der Waals surface area contributed by atoms with Crippen LogP contribution >= 0.6 is 12.4 Å². The van der Waals surface area contributed by atoms with Gasteiger partial charge in [-0.25, -0.2) is 0 Å². The van der Waals surface area contributed by atoms with Gasteiger partial charge in [-0.3, -0.25) is 9.69 Å². The fourth-order valence-electron chi connectivity index (χ4n) is 3.25. The second-order valence-electron chi connectivity index (χ2n) is 7.23. The van der Waals surface area contributed by atoms with Crippen molar-refractivity contribution in [2.45, 2.75) is 26.9 Å². The number of halogens is 1. The van der Waals surface area contributed by atoms with Gasteiger partial charge in [0.25, 0.3) is 0 Å². The number of benzene rings is 2. The fourth-order valence-corrected chi connectivity index (χ4v) is 3.25. The van der Waals surface area contributed by atoms with E-state index in [2.05, 4.69) is 24.8 Å². The molecule has 1 aliphatic heterocycles. The first-order valence-electron chi connectivity index (χ1n) is 9.35. The van der Waals surface area contributed by atoms with Crippen molar-refractivity contribution in [3.05, 3.63) is 59.2 Å². The van der Waals surface area contributed by atoms with Crippen molar-refractivity contribution in [1.82, 2.24) is 4.90 Å². The minimum atomic E-state index is -0.758. The molecular weight excluding hydrogens is 378 g/mol. The lowest BCUT2D eigenvalue weighted by molar-refractivity contribution is -0.142. The van der Waals surface area contributed by atoms with Crippen molar-refractivity contribution >= 4 is 18.4 Å². The number of carboxylic acids is 1. The van der Waals surface area contributed by atoms with Gasteiger partial charge >= 0.3 is 5.97 Å². The second kappa shape index (κ2) is 9.92. The maximum Gasteiger partial charge on any atom is 0.307 e. The van der Waals surface area contributed by atoms with Crippen LogP contribution in [0.1, 0.15) is 29.7 Å². The molecule has 3 rings (SSSR count). The normalized spacial score (nSPS) is 18.2. The number of hydrogen-bond acceptors (Lipinski definition) is 4. The first kappa shape index (κ1) is 22.2. The van der Waals surface area contributed by atoms with Crippen LogP contribution in [0.4, 0.5) is 0 Å². The zero-order valence-corrected chi connectivity index (χ0v) is 17.4. The van der Waals surface area contributed by atoms with Crippen molar-refractivity contribution in [2.75, 3.05) is 26.2 Å². The average molecular weight is 406 g/mol. The molecule has 2 unspecified atom stereocenters. The van der Waals surface area contributed by atoms with Crippen LogP contribution in [0.5, 0.6) is 11.5 Å². The van der Waals surface area contributed by atoms with Gasteiger partial charge in [0.15, 0.2) is 0 Å². The minimum Gasteiger partial charge on any atom is -0.481 e. The molecule has 0 spiro atoms. The molecule has 1 heterocycles. The van der Waals surface area contributed by atoms with Crippen molar-refractivity contribution in [3.8, 4) is 11.5 Å². The van der Waals surface area contributed by atoms with Crippen molar-refractivity contribution < 1.29 is 19.4 Å². The van der Waals surface area contributed by atoms with Crippen LogP contribution < -0.4 is 4.74 Å². The van der Waals surface area contributed by atoms with Gasteiger partial charge in [-0.1, -0.05) is 31.2 Å². The monoisotopic (exact) mass is 405 g/mol. The van der Waals surface area contributed by atoms with Gasteiger partial charge in [-0.15, -0.1) is 12.4 Å². The highest BCUT2D eigenvalue weighted by Gasteiger charge is 2.24. The summed E-state index contributed by atoms with van der Waals surface area (Å²) in [4.78, 5) is 13.2. The molecule has 2 atom stereocenters. The molecule has 0 saturated carbocycles. The highest BCUT2D eigenvalue weighted by Crippen LogP contribution is 2.29. The average Bonchev–Trinajstić information content (AvgIpc) is 2.66. The summed E-state index contributed by atoms with van der Waals surface area (Å²) in [7, 11) is 0. The topological polar surface area (TPSA) is 59.0 Å². The van der Waals surface area contributed by atoms with Crippen LogP contribution in [0, 0.1) is 19.8 Å². The summed E-state index contributed by atoms with van der Waals surface area (Å²) < 4.78 is 11.9. The molecule has 6 heteroatoms. The summed E-state index contributed by atoms with van der Waals surface area (Å²) in [6.45, 7) is 8.49. The molecular formula is C22H28ClNO4. The number of morpholine rings is 1. The first-order chi connectivity index (χ1) is 12.9. The molecule has 1 N–H and O–H groups in total. The number of carboxylic acid groups (broad SMARTS) is 1. The third kappa shape index (κ3) is 5.47. The predicted octanol–water partition coefficient (Wildman–Crippen LogP) is 4.61. The van der Waals surface area contributed by atoms with Gasteiger partial charge in [0.2, 0.25) is 0 Å². The van der Waals surface area contributed by atoms with E-state index in [1.54, 1.807) is 6.92 Å². The molecule has 0 bridgehead atoms. The van der Waals surface area contributed by atoms with E-state index in [0.717, 1.165) is 29.2 Å². The summed E-state index contributed by atoms with van der Waals surface area (Å²) >= 11 is 0. The highest BCUT2D eigenvalue weighted by molar-refractivity contribution is 5.85. The van der Waals surface area contributed by atoms with Crippen LogP contribution in [-0.2, 0) is 9.53 Å². The van der Waals surface area contributed by atoms with E-state index in [1.807, 2.05) is 36.4 Å². The summed E-state index contributed by atoms with van der Waals surface area (Å²) in [6.07, 6.45) is -0.0468. The second-order valence-corrected chi connectivity index (χ2v) is 7.23. The Morgan fingerprint density at radius 1 is 1.25 bits per heavy atom. The van der Waals surface area contributed by atoms with E-state index in [9.17, 15) is 4.79 Å². The number of nitrogens with zero attached hydrogens (tertiary/aromatic N) is 1. The molecule has 0 radical (unpaired) electrons. The van der Waals surface area contributed by atoms with Gasteiger partial charge < -0.3 is 14.6 Å². The molecule has 28 heavy (non-hydrogen) atoms. The third-order valence-electron chi connectivity index (χ3n) is 5.14. The summed E-state index contributed by atoms with van der Waals surface area (Å²) in [5, 5.41) is 9.11. The largest absolute Gasteiger partial charge is 0.481 e. The quantitative estimate of drug-likeness (QED) is 0.760. The Morgan fingerprint density at radius 3 is 2.64 bits per heavy atom. The van der Waals surface area contributed by atoms with E-state index in [4.69, 9.17) is 14.6 Å². The van der Waals surface area contributed by atoms with Crippen molar-refractivity contribution in [3.63, 3.8) is 0 Å². The molecule has 2 aromatic carbocycles. The van der Waals surface area contributed by atoms with Crippen molar-refractivity contribution in [1.29, 1.82) is 0 Å². The number of rotatable bonds is 6. The molecule has 2 aromatic rings. The lowest BCUT2D eigenvalue weighted by Gasteiger charge is -2.34. The standard InChI is InChI=1S/C22H27NO4.ClH/c1-15-5-4-6-20(17(15)3)27-19-9-7-18(8-10-19)21-14-23(11-12-26-21)13-16(2)22(24)25;/h4-10,16,21H,11-14H2,1-3H3,(H,24,25);1H. The molecule has 1 fully saturated rings. The fraction of sp³-hybridized carbons (Fsp3) is 0.409. The Hall–Kier alpha value is -2.08. The predicted molar refractivity (Wildman–Crippen MR) is 112 cm³/mol. The van der Waals surface area contributed by atoms with Crippen LogP contribution in [0.15, 0.2) is 42.5 Å². The smallest absolute Gasteiger partial charge is 0.307 e. The SMILES string of the molecule is Cc1cccc(Oc2ccc(C3CN(CC(C)C(=O)O)CCO3)cc2)c1C.Cl. The van der Waals surface area contributed by atoms with E-state index < -0.39 is 5.97 Å². The maximum atomic E-state index is 11.1. The molecule has 5 nitrogen and oxygen atoms in total. The van der Waals surface area contributed by atoms with Gasteiger partial charge in [-0.2, -0.15) is 0 Å². The van der Waals surface area contributed by atoms with Gasteiger partial charge in [0, 0.05) is 19.6 Å². The Bertz CT molecular complexity index is 794. The molecule has 1 saturated heterocycles. The summed E-state index contributed by atoms with van der Waals surface area (Å²) in [5.41, 5.74) is 3.42. The Kier molecular flexibility index (Phi) is 7.87. The Labute approximate surface area is 172 Å². The van der Waals surface area contributed by atoms with E-state index in [1.165, 1.54) is 5.56 Å². The lowest BCUT2D eigenvalue weighted by Crippen LogP contribution is -2.41. The van der Waals surface area contributed by atoms with Crippen molar-refractivity contribution in [2.24, 2.45) is 5.92 Å². The maximum absolute atomic E-state index is 11.1. The van der Waals surface area contributed by atoms with Crippen LogP contribution in [0.3, 0.4) is 0 Å². The van der Waals surface area contributed by atoms with E-state index in [-0.39, 0.29) is 24.4 Å². The van der Waals surface area contributed by atoms with E-state index >= 15 is 0 Å². The number of carbonyl (C=O) groups is 1. The minimum absolute atomic E-state index is 0. The van der Waals surface area contributed by atoms with Crippen LogP contribution in [-0.4, -0.2) is 42.2 Å². The van der Waals surface area contributed by atoms with Gasteiger partial charge in [0.1, 0.15) is 11.5 Å². The number of aliphatic carboxylic acids is 1. The Morgan fingerprint density at radius 2 is 1.96 bits per heavy atom. The van der Waals surface area contributed by atoms with Gasteiger partial charge in [-0.05, 0) is 48.7 Å². The summed E-state index contributed by atoms with van der Waals surface area (Å²) in [5.74, 6) is 0.521. The number of hydrogen-bond donors (Lipinski definition) is 1. The zero-order valence-electron chi connectivity index (χ0n) is 16.6. The third-order valence-corrected chi connectivity index (χ3v) is 5.14. The van der Waals surface area contributed by atoms with Gasteiger partial charge in [0.05, 0.1) is 18.6 Å². The molecule has 0 amide bonds. The van der Waals surface area contributed by atoms with Crippen LogP contribution in [0.2, 0.25) is 0 Å². The zero-order chi connectivity index (χ0) is 19.4. The molecule has 152 valence electrons.